The molecule has 1 aromatic heterocycles. The summed E-state index contributed by atoms with van der Waals surface area (Å²) in [6, 6.07) is 3.80. The molecule has 0 radical (unpaired) electrons. The molecule has 0 aliphatic rings. The van der Waals surface area contributed by atoms with E-state index in [1.165, 1.54) is 12.1 Å². The molecule has 0 aliphatic heterocycles. The van der Waals surface area contributed by atoms with Crippen molar-refractivity contribution >= 4 is 5.71 Å². The minimum absolute atomic E-state index is 0.270. The van der Waals surface area contributed by atoms with E-state index < -0.39 is 11.9 Å². The smallest absolute Gasteiger partial charge is 0.288 e. The molecular formula is C10H11F3N2. The molecule has 0 atom stereocenters. The quantitative estimate of drug-likeness (QED) is 0.698. The summed E-state index contributed by atoms with van der Waals surface area (Å²) in [6.07, 6.45) is -4.40. The summed E-state index contributed by atoms with van der Waals surface area (Å²) in [4.78, 5) is 7.51. The number of hydrogen-bond acceptors (Lipinski definition) is 2. The van der Waals surface area contributed by atoms with Crippen molar-refractivity contribution in [3.63, 3.8) is 0 Å². The van der Waals surface area contributed by atoms with Gasteiger partial charge in [0.2, 0.25) is 0 Å². The highest BCUT2D eigenvalue weighted by molar-refractivity contribution is 5.96. The van der Waals surface area contributed by atoms with Crippen LogP contribution in [0.15, 0.2) is 23.2 Å². The minimum atomic E-state index is -4.40. The molecule has 0 unspecified atom stereocenters. The van der Waals surface area contributed by atoms with Gasteiger partial charge in [-0.3, -0.25) is 4.99 Å². The molecule has 1 heterocycles. The molecular weight excluding hydrogens is 205 g/mol. The van der Waals surface area contributed by atoms with E-state index in [0.29, 0.717) is 12.3 Å². The lowest BCUT2D eigenvalue weighted by Gasteiger charge is -2.07. The fraction of sp³-hybridized carbons (Fsp3) is 0.400. The van der Waals surface area contributed by atoms with E-state index in [1.54, 1.807) is 6.92 Å². The van der Waals surface area contributed by atoms with Crippen molar-refractivity contribution in [2.75, 3.05) is 6.54 Å². The fourth-order valence-electron chi connectivity index (χ4n) is 1.11. The average molecular weight is 216 g/mol. The summed E-state index contributed by atoms with van der Waals surface area (Å²) in [5.74, 6) is 0. The van der Waals surface area contributed by atoms with E-state index >= 15 is 0 Å². The average Bonchev–Trinajstić information content (AvgIpc) is 2.17. The fourth-order valence-corrected chi connectivity index (χ4v) is 1.11. The number of pyridine rings is 1. The summed E-state index contributed by atoms with van der Waals surface area (Å²) < 4.78 is 36.9. The number of halogens is 3. The summed E-state index contributed by atoms with van der Waals surface area (Å²) >= 11 is 0. The molecule has 0 amide bonds. The van der Waals surface area contributed by atoms with Gasteiger partial charge in [0, 0.05) is 6.54 Å². The Labute approximate surface area is 85.9 Å². The Morgan fingerprint density at radius 3 is 2.60 bits per heavy atom. The first-order valence-corrected chi connectivity index (χ1v) is 4.51. The Hall–Kier alpha value is -1.39. The predicted octanol–water partition coefficient (Wildman–Crippen LogP) is 2.93. The summed E-state index contributed by atoms with van der Waals surface area (Å²) in [6.45, 7) is 3.99. The van der Waals surface area contributed by atoms with Crippen LogP contribution in [0.2, 0.25) is 0 Å². The Balaban J connectivity index is 3.08. The van der Waals surface area contributed by atoms with Gasteiger partial charge in [-0.2, -0.15) is 13.2 Å². The molecule has 1 rings (SSSR count). The van der Waals surface area contributed by atoms with E-state index in [-0.39, 0.29) is 5.69 Å². The zero-order valence-electron chi connectivity index (χ0n) is 8.47. The van der Waals surface area contributed by atoms with Gasteiger partial charge in [0.1, 0.15) is 5.69 Å². The number of nitrogens with zero attached hydrogens (tertiary/aromatic N) is 2. The molecule has 0 bridgehead atoms. The maximum atomic E-state index is 12.3. The van der Waals surface area contributed by atoms with Gasteiger partial charge in [0.15, 0.2) is 0 Å². The second-order valence-corrected chi connectivity index (χ2v) is 2.97. The first kappa shape index (κ1) is 11.7. The van der Waals surface area contributed by atoms with Gasteiger partial charge in [-0.25, -0.2) is 4.98 Å². The van der Waals surface area contributed by atoms with Crippen molar-refractivity contribution in [3.05, 3.63) is 29.6 Å². The van der Waals surface area contributed by atoms with Crippen LogP contribution in [0.4, 0.5) is 13.2 Å². The first-order valence-electron chi connectivity index (χ1n) is 4.51. The Morgan fingerprint density at radius 2 is 2.07 bits per heavy atom. The zero-order chi connectivity index (χ0) is 11.5. The van der Waals surface area contributed by atoms with Crippen LogP contribution < -0.4 is 0 Å². The van der Waals surface area contributed by atoms with Crippen LogP contribution in [0.5, 0.6) is 0 Å². The lowest BCUT2D eigenvalue weighted by Crippen LogP contribution is -2.11. The van der Waals surface area contributed by atoms with Crippen LogP contribution in [0, 0.1) is 0 Å². The molecule has 0 saturated heterocycles. The van der Waals surface area contributed by atoms with Gasteiger partial charge in [-0.1, -0.05) is 6.07 Å². The monoisotopic (exact) mass is 216 g/mol. The van der Waals surface area contributed by atoms with Crippen LogP contribution in [0.1, 0.15) is 25.2 Å². The minimum Gasteiger partial charge on any atom is -0.288 e. The van der Waals surface area contributed by atoms with E-state index in [2.05, 4.69) is 9.98 Å². The van der Waals surface area contributed by atoms with Crippen LogP contribution in [-0.2, 0) is 6.18 Å². The van der Waals surface area contributed by atoms with E-state index in [4.69, 9.17) is 0 Å². The van der Waals surface area contributed by atoms with E-state index in [9.17, 15) is 13.2 Å². The number of hydrogen-bond donors (Lipinski definition) is 0. The van der Waals surface area contributed by atoms with Crippen LogP contribution in [-0.4, -0.2) is 17.2 Å². The van der Waals surface area contributed by atoms with Gasteiger partial charge in [0.05, 0.1) is 11.4 Å². The van der Waals surface area contributed by atoms with Gasteiger partial charge in [0.25, 0.3) is 0 Å². The van der Waals surface area contributed by atoms with Gasteiger partial charge < -0.3 is 0 Å². The summed E-state index contributed by atoms with van der Waals surface area (Å²) in [7, 11) is 0. The third-order valence-corrected chi connectivity index (χ3v) is 1.81. The first-order chi connectivity index (χ1) is 6.95. The summed E-state index contributed by atoms with van der Waals surface area (Å²) in [5.41, 5.74) is -0.0964. The van der Waals surface area contributed by atoms with Crippen LogP contribution in [0.3, 0.4) is 0 Å². The van der Waals surface area contributed by atoms with Gasteiger partial charge in [-0.05, 0) is 26.0 Å². The van der Waals surface area contributed by atoms with Gasteiger partial charge >= 0.3 is 6.18 Å². The maximum absolute atomic E-state index is 12.3. The molecule has 82 valence electrons. The SMILES string of the molecule is CC/N=C(\C)c1cccc(C(F)(F)F)n1. The number of aromatic nitrogens is 1. The molecule has 0 fully saturated rings. The largest absolute Gasteiger partial charge is 0.433 e. The Bertz CT molecular complexity index is 369. The molecule has 5 heteroatoms. The molecule has 15 heavy (non-hydrogen) atoms. The van der Waals surface area contributed by atoms with Crippen molar-refractivity contribution in [1.29, 1.82) is 0 Å². The molecule has 1 aromatic rings. The second-order valence-electron chi connectivity index (χ2n) is 2.97. The molecule has 0 spiro atoms. The lowest BCUT2D eigenvalue weighted by molar-refractivity contribution is -0.141. The molecule has 2 nitrogen and oxygen atoms in total. The van der Waals surface area contributed by atoms with E-state index in [0.717, 1.165) is 6.07 Å². The predicted molar refractivity (Wildman–Crippen MR) is 52.0 cm³/mol. The van der Waals surface area contributed by atoms with Crippen molar-refractivity contribution in [3.8, 4) is 0 Å². The highest BCUT2D eigenvalue weighted by Gasteiger charge is 2.32. The van der Waals surface area contributed by atoms with Crippen molar-refractivity contribution in [2.45, 2.75) is 20.0 Å². The highest BCUT2D eigenvalue weighted by Crippen LogP contribution is 2.27. The normalized spacial score (nSPS) is 13.0. The number of alkyl halides is 3. The van der Waals surface area contributed by atoms with E-state index in [1.807, 2.05) is 6.92 Å². The van der Waals surface area contributed by atoms with Gasteiger partial charge in [-0.15, -0.1) is 0 Å². The van der Waals surface area contributed by atoms with Crippen molar-refractivity contribution in [1.82, 2.24) is 4.98 Å². The molecule has 0 aromatic carbocycles. The topological polar surface area (TPSA) is 25.2 Å². The number of rotatable bonds is 2. The van der Waals surface area contributed by atoms with Crippen molar-refractivity contribution in [2.24, 2.45) is 4.99 Å². The Kier molecular flexibility index (Phi) is 3.44. The second kappa shape index (κ2) is 4.42. The van der Waals surface area contributed by atoms with Crippen LogP contribution >= 0.6 is 0 Å². The molecule has 0 saturated carbocycles. The third kappa shape index (κ3) is 3.04. The Morgan fingerprint density at radius 1 is 1.40 bits per heavy atom. The molecule has 0 N–H and O–H groups in total. The van der Waals surface area contributed by atoms with Crippen LogP contribution in [0.25, 0.3) is 0 Å². The highest BCUT2D eigenvalue weighted by atomic mass is 19.4. The summed E-state index contributed by atoms with van der Waals surface area (Å²) in [5, 5.41) is 0. The molecule has 0 aliphatic carbocycles. The maximum Gasteiger partial charge on any atom is 0.433 e. The standard InChI is InChI=1S/C10H11F3N2/c1-3-14-7(2)8-5-4-6-9(15-8)10(11,12)13/h4-6H,3H2,1-2H3/b14-7+. The number of aliphatic imine (C=N–C) groups is 1. The third-order valence-electron chi connectivity index (χ3n) is 1.81. The zero-order valence-corrected chi connectivity index (χ0v) is 8.47. The lowest BCUT2D eigenvalue weighted by atomic mass is 10.2. The van der Waals surface area contributed by atoms with Crippen molar-refractivity contribution < 1.29 is 13.2 Å².